The molecule has 0 radical (unpaired) electrons. The van der Waals surface area contributed by atoms with E-state index in [2.05, 4.69) is 12.1 Å². The maximum atomic E-state index is 11.0. The molecular formula is C17H17ClO2. The van der Waals surface area contributed by atoms with Gasteiger partial charge in [-0.05, 0) is 36.2 Å². The van der Waals surface area contributed by atoms with Gasteiger partial charge in [-0.3, -0.25) is 4.79 Å². The molecule has 3 heteroatoms. The van der Waals surface area contributed by atoms with Gasteiger partial charge in [0.25, 0.3) is 0 Å². The van der Waals surface area contributed by atoms with Gasteiger partial charge in [0.2, 0.25) is 0 Å². The molecule has 0 saturated carbocycles. The summed E-state index contributed by atoms with van der Waals surface area (Å²) in [6.07, 6.45) is 1.18. The molecule has 0 aliphatic carbocycles. The highest BCUT2D eigenvalue weighted by Crippen LogP contribution is 2.25. The molecule has 2 aromatic carbocycles. The molecule has 2 aromatic rings. The van der Waals surface area contributed by atoms with Gasteiger partial charge in [-0.2, -0.15) is 0 Å². The summed E-state index contributed by atoms with van der Waals surface area (Å²) < 4.78 is 5.70. The van der Waals surface area contributed by atoms with E-state index in [0.717, 1.165) is 17.7 Å². The summed E-state index contributed by atoms with van der Waals surface area (Å²) in [7, 11) is 0. The summed E-state index contributed by atoms with van der Waals surface area (Å²) in [5, 5.41) is 0.690. The van der Waals surface area contributed by atoms with Gasteiger partial charge in [0.05, 0.1) is 6.61 Å². The highest BCUT2D eigenvalue weighted by atomic mass is 35.5. The fourth-order valence-electron chi connectivity index (χ4n) is 1.95. The summed E-state index contributed by atoms with van der Waals surface area (Å²) in [4.78, 5) is 11.0. The lowest BCUT2D eigenvalue weighted by molar-refractivity contribution is -0.117. The second kappa shape index (κ2) is 7.11. The predicted octanol–water partition coefficient (Wildman–Crippen LogP) is 4.29. The van der Waals surface area contributed by atoms with Gasteiger partial charge in [-0.25, -0.2) is 0 Å². The molecule has 104 valence electrons. The molecule has 20 heavy (non-hydrogen) atoms. The summed E-state index contributed by atoms with van der Waals surface area (Å²) in [6, 6.07) is 15.7. The van der Waals surface area contributed by atoms with Gasteiger partial charge in [0.15, 0.2) is 0 Å². The molecule has 2 rings (SSSR count). The quantitative estimate of drug-likeness (QED) is 0.793. The van der Waals surface area contributed by atoms with Gasteiger partial charge in [0, 0.05) is 17.9 Å². The van der Waals surface area contributed by atoms with E-state index in [1.807, 2.05) is 30.3 Å². The minimum absolute atomic E-state index is 0.128. The highest BCUT2D eigenvalue weighted by molar-refractivity contribution is 6.30. The molecule has 0 aliphatic rings. The van der Waals surface area contributed by atoms with Crippen molar-refractivity contribution in [2.75, 3.05) is 6.61 Å². The van der Waals surface area contributed by atoms with Crippen LogP contribution < -0.4 is 4.74 Å². The van der Waals surface area contributed by atoms with E-state index in [1.165, 1.54) is 5.56 Å². The fraction of sp³-hybridized carbons (Fsp3) is 0.235. The zero-order chi connectivity index (χ0) is 14.4. The summed E-state index contributed by atoms with van der Waals surface area (Å²) >= 11 is 6.06. The van der Waals surface area contributed by atoms with Crippen molar-refractivity contribution in [3.8, 4) is 5.75 Å². The SMILES string of the molecule is CC(=O)CCOc1ccc(Cl)cc1Cc1ccccc1. The van der Waals surface area contributed by atoms with Gasteiger partial charge >= 0.3 is 0 Å². The van der Waals surface area contributed by atoms with Crippen LogP contribution >= 0.6 is 11.6 Å². The van der Waals surface area contributed by atoms with Crippen molar-refractivity contribution in [1.29, 1.82) is 0 Å². The number of hydrogen-bond acceptors (Lipinski definition) is 2. The first-order valence-electron chi connectivity index (χ1n) is 6.60. The first-order valence-corrected chi connectivity index (χ1v) is 6.97. The topological polar surface area (TPSA) is 26.3 Å². The molecule has 0 unspecified atom stereocenters. The normalized spacial score (nSPS) is 10.3. The van der Waals surface area contributed by atoms with Crippen LogP contribution in [0.4, 0.5) is 0 Å². The standard InChI is InChI=1S/C17H17ClO2/c1-13(19)9-10-20-17-8-7-16(18)12-15(17)11-14-5-3-2-4-6-14/h2-8,12H,9-11H2,1H3. The number of carbonyl (C=O) groups is 1. The van der Waals surface area contributed by atoms with Crippen molar-refractivity contribution in [2.45, 2.75) is 19.8 Å². The van der Waals surface area contributed by atoms with E-state index in [4.69, 9.17) is 16.3 Å². The van der Waals surface area contributed by atoms with Crippen LogP contribution in [-0.4, -0.2) is 12.4 Å². The Labute approximate surface area is 124 Å². The molecule has 0 N–H and O–H groups in total. The third-order valence-corrected chi connectivity index (χ3v) is 3.21. The van der Waals surface area contributed by atoms with E-state index in [9.17, 15) is 4.79 Å². The number of hydrogen-bond donors (Lipinski definition) is 0. The van der Waals surface area contributed by atoms with Crippen LogP contribution in [0.5, 0.6) is 5.75 Å². The van der Waals surface area contributed by atoms with Gasteiger partial charge in [-0.1, -0.05) is 41.9 Å². The number of benzene rings is 2. The second-order valence-corrected chi connectivity index (χ2v) is 5.15. The monoisotopic (exact) mass is 288 g/mol. The maximum Gasteiger partial charge on any atom is 0.133 e. The molecule has 0 atom stereocenters. The number of halogens is 1. The van der Waals surface area contributed by atoms with Crippen molar-refractivity contribution in [1.82, 2.24) is 0 Å². The smallest absolute Gasteiger partial charge is 0.133 e. The number of carbonyl (C=O) groups excluding carboxylic acids is 1. The average Bonchev–Trinajstić information content (AvgIpc) is 2.42. The van der Waals surface area contributed by atoms with Crippen LogP contribution in [0, 0.1) is 0 Å². The molecule has 0 heterocycles. The van der Waals surface area contributed by atoms with Crippen LogP contribution in [0.15, 0.2) is 48.5 Å². The molecule has 2 nitrogen and oxygen atoms in total. The third-order valence-electron chi connectivity index (χ3n) is 2.97. The van der Waals surface area contributed by atoms with E-state index >= 15 is 0 Å². The van der Waals surface area contributed by atoms with Crippen LogP contribution in [0.25, 0.3) is 0 Å². The van der Waals surface area contributed by atoms with Crippen molar-refractivity contribution < 1.29 is 9.53 Å². The van der Waals surface area contributed by atoms with Crippen molar-refractivity contribution in [3.63, 3.8) is 0 Å². The Bertz CT molecular complexity index is 579. The molecule has 0 aliphatic heterocycles. The number of Topliss-reactive ketones (excluding diaryl/α,β-unsaturated/α-hetero) is 1. The Balaban J connectivity index is 2.13. The Kier molecular flexibility index (Phi) is 5.19. The highest BCUT2D eigenvalue weighted by Gasteiger charge is 2.06. The van der Waals surface area contributed by atoms with Gasteiger partial charge < -0.3 is 4.74 Å². The Morgan fingerprint density at radius 2 is 1.90 bits per heavy atom. The number of ketones is 1. The average molecular weight is 289 g/mol. The number of ether oxygens (including phenoxy) is 1. The molecule has 0 bridgehead atoms. The first-order chi connectivity index (χ1) is 9.65. The molecular weight excluding hydrogens is 272 g/mol. The van der Waals surface area contributed by atoms with E-state index < -0.39 is 0 Å². The van der Waals surface area contributed by atoms with Gasteiger partial charge in [0.1, 0.15) is 11.5 Å². The molecule has 0 aromatic heterocycles. The molecule has 0 amide bonds. The summed E-state index contributed by atoms with van der Waals surface area (Å²) in [6.45, 7) is 1.97. The van der Waals surface area contributed by atoms with Crippen LogP contribution in [0.2, 0.25) is 5.02 Å². The van der Waals surface area contributed by atoms with Gasteiger partial charge in [-0.15, -0.1) is 0 Å². The zero-order valence-electron chi connectivity index (χ0n) is 11.4. The summed E-state index contributed by atoms with van der Waals surface area (Å²) in [5.41, 5.74) is 2.23. The minimum Gasteiger partial charge on any atom is -0.493 e. The van der Waals surface area contributed by atoms with Crippen LogP contribution in [0.1, 0.15) is 24.5 Å². The van der Waals surface area contributed by atoms with E-state index in [0.29, 0.717) is 18.1 Å². The number of rotatable bonds is 6. The van der Waals surface area contributed by atoms with Crippen molar-refractivity contribution in [2.24, 2.45) is 0 Å². The van der Waals surface area contributed by atoms with Crippen LogP contribution in [0.3, 0.4) is 0 Å². The Morgan fingerprint density at radius 1 is 1.15 bits per heavy atom. The second-order valence-electron chi connectivity index (χ2n) is 4.71. The van der Waals surface area contributed by atoms with Crippen molar-refractivity contribution >= 4 is 17.4 Å². The largest absolute Gasteiger partial charge is 0.493 e. The molecule has 0 saturated heterocycles. The lowest BCUT2D eigenvalue weighted by Crippen LogP contribution is -2.04. The zero-order valence-corrected chi connectivity index (χ0v) is 12.2. The van der Waals surface area contributed by atoms with E-state index in [-0.39, 0.29) is 5.78 Å². The Morgan fingerprint density at radius 3 is 2.60 bits per heavy atom. The Hall–Kier alpha value is -1.80. The lowest BCUT2D eigenvalue weighted by Gasteiger charge is -2.11. The molecule has 0 fully saturated rings. The van der Waals surface area contributed by atoms with E-state index in [1.54, 1.807) is 13.0 Å². The lowest BCUT2D eigenvalue weighted by atomic mass is 10.0. The predicted molar refractivity (Wildman–Crippen MR) is 81.5 cm³/mol. The fourth-order valence-corrected chi connectivity index (χ4v) is 2.14. The maximum absolute atomic E-state index is 11.0. The first kappa shape index (κ1) is 14.6. The van der Waals surface area contributed by atoms with Crippen LogP contribution in [-0.2, 0) is 11.2 Å². The third kappa shape index (κ3) is 4.39. The van der Waals surface area contributed by atoms with Crippen molar-refractivity contribution in [3.05, 3.63) is 64.7 Å². The molecule has 0 spiro atoms. The summed E-state index contributed by atoms with van der Waals surface area (Å²) in [5.74, 6) is 0.920. The minimum atomic E-state index is 0.128.